The quantitative estimate of drug-likeness (QED) is 0.842. The van der Waals surface area contributed by atoms with Gasteiger partial charge in [0.1, 0.15) is 6.04 Å². The van der Waals surface area contributed by atoms with Crippen LogP contribution >= 0.6 is 11.8 Å². The van der Waals surface area contributed by atoms with Crippen molar-refractivity contribution in [2.75, 3.05) is 12.3 Å². The lowest BCUT2D eigenvalue weighted by molar-refractivity contribution is -0.137. The first-order chi connectivity index (χ1) is 11.4. The van der Waals surface area contributed by atoms with E-state index in [0.717, 1.165) is 12.0 Å². The fourth-order valence-corrected chi connectivity index (χ4v) is 4.75. The number of hydrogen-bond acceptors (Lipinski definition) is 4. The highest BCUT2D eigenvalue weighted by molar-refractivity contribution is 8.01. The lowest BCUT2D eigenvalue weighted by atomic mass is 10.1. The molecule has 2 N–H and O–H groups in total. The molecule has 128 valence electrons. The van der Waals surface area contributed by atoms with Crippen molar-refractivity contribution in [3.8, 4) is 0 Å². The van der Waals surface area contributed by atoms with Crippen LogP contribution in [-0.2, 0) is 16.0 Å². The van der Waals surface area contributed by atoms with E-state index in [1.165, 1.54) is 0 Å². The second-order valence-corrected chi connectivity index (χ2v) is 7.81. The second kappa shape index (κ2) is 6.47. The van der Waals surface area contributed by atoms with Crippen molar-refractivity contribution in [1.29, 1.82) is 0 Å². The summed E-state index contributed by atoms with van der Waals surface area (Å²) in [5.41, 5.74) is 1.10. The van der Waals surface area contributed by atoms with Gasteiger partial charge in [-0.25, -0.2) is 4.79 Å². The third-order valence-electron chi connectivity index (χ3n) is 4.63. The van der Waals surface area contributed by atoms with E-state index in [9.17, 15) is 14.4 Å². The van der Waals surface area contributed by atoms with Crippen LogP contribution in [0.4, 0.5) is 0 Å². The molecule has 2 aliphatic heterocycles. The van der Waals surface area contributed by atoms with Crippen molar-refractivity contribution in [2.45, 2.75) is 37.1 Å². The molecule has 0 aromatic heterocycles. The number of nitrogens with one attached hydrogen (secondary N) is 1. The average molecular weight is 348 g/mol. The number of aromatic carboxylic acids is 1. The maximum atomic E-state index is 12.4. The van der Waals surface area contributed by atoms with E-state index in [4.69, 9.17) is 5.11 Å². The van der Waals surface area contributed by atoms with Crippen molar-refractivity contribution < 1.29 is 19.5 Å². The Bertz CT molecular complexity index is 693. The molecule has 24 heavy (non-hydrogen) atoms. The molecular weight excluding hydrogens is 328 g/mol. The number of rotatable bonds is 5. The molecule has 1 aromatic rings. The first kappa shape index (κ1) is 16.8. The molecular formula is C17H20N2O4S. The molecule has 0 unspecified atom stereocenters. The van der Waals surface area contributed by atoms with E-state index in [2.05, 4.69) is 5.32 Å². The SMILES string of the molecule is C[C@]12CCC(=O)N1[C@@H](C(=O)NCCc1cccc(C(=O)O)c1)CS2. The van der Waals surface area contributed by atoms with Gasteiger partial charge in [-0.3, -0.25) is 9.59 Å². The molecule has 0 radical (unpaired) electrons. The molecule has 2 saturated heterocycles. The standard InChI is InChI=1S/C17H20N2O4S/c1-17-7-5-14(20)19(17)13(10-24-17)15(21)18-8-6-11-3-2-4-12(9-11)16(22)23/h2-4,9,13H,5-8,10H2,1H3,(H,18,21)(H,22,23)/t13-,17+/m1/s1. The van der Waals surface area contributed by atoms with E-state index in [-0.39, 0.29) is 22.2 Å². The minimum Gasteiger partial charge on any atom is -0.478 e. The Kier molecular flexibility index (Phi) is 4.54. The lowest BCUT2D eigenvalue weighted by Gasteiger charge is -2.29. The summed E-state index contributed by atoms with van der Waals surface area (Å²) in [7, 11) is 0. The highest BCUT2D eigenvalue weighted by Gasteiger charge is 2.52. The minimum atomic E-state index is -0.962. The van der Waals surface area contributed by atoms with Gasteiger partial charge in [0.25, 0.3) is 0 Å². The molecule has 2 heterocycles. The molecule has 7 heteroatoms. The molecule has 3 rings (SSSR count). The summed E-state index contributed by atoms with van der Waals surface area (Å²) in [5.74, 6) is -0.411. The molecule has 0 bridgehead atoms. The van der Waals surface area contributed by atoms with Crippen molar-refractivity contribution in [2.24, 2.45) is 0 Å². The monoisotopic (exact) mass is 348 g/mol. The van der Waals surface area contributed by atoms with Gasteiger partial charge in [0.05, 0.1) is 10.4 Å². The molecule has 6 nitrogen and oxygen atoms in total. The Balaban J connectivity index is 1.56. The summed E-state index contributed by atoms with van der Waals surface area (Å²) >= 11 is 1.67. The van der Waals surface area contributed by atoms with Crippen LogP contribution in [0, 0.1) is 0 Å². The van der Waals surface area contributed by atoms with Gasteiger partial charge in [-0.05, 0) is 37.5 Å². The van der Waals surface area contributed by atoms with Crippen LogP contribution in [0.1, 0.15) is 35.7 Å². The number of fused-ring (bicyclic) bond motifs is 1. The number of nitrogens with zero attached hydrogens (tertiary/aromatic N) is 1. The topological polar surface area (TPSA) is 86.7 Å². The van der Waals surface area contributed by atoms with Crippen LogP contribution in [0.15, 0.2) is 24.3 Å². The van der Waals surface area contributed by atoms with E-state index < -0.39 is 12.0 Å². The van der Waals surface area contributed by atoms with Gasteiger partial charge in [0.2, 0.25) is 11.8 Å². The number of carboxylic acids is 1. The molecule has 2 atom stereocenters. The predicted molar refractivity (Wildman–Crippen MR) is 90.8 cm³/mol. The van der Waals surface area contributed by atoms with Crippen molar-refractivity contribution in [1.82, 2.24) is 10.2 Å². The fourth-order valence-electron chi connectivity index (χ4n) is 3.32. The number of hydrogen-bond donors (Lipinski definition) is 2. The first-order valence-corrected chi connectivity index (χ1v) is 8.95. The van der Waals surface area contributed by atoms with Crippen molar-refractivity contribution >= 4 is 29.5 Å². The van der Waals surface area contributed by atoms with Crippen LogP contribution in [0.25, 0.3) is 0 Å². The van der Waals surface area contributed by atoms with Gasteiger partial charge in [0, 0.05) is 18.7 Å². The van der Waals surface area contributed by atoms with Crippen LogP contribution in [0.5, 0.6) is 0 Å². The van der Waals surface area contributed by atoms with Gasteiger partial charge in [-0.1, -0.05) is 12.1 Å². The molecule has 0 aliphatic carbocycles. The number of thioether (sulfide) groups is 1. The Morgan fingerprint density at radius 2 is 2.25 bits per heavy atom. The summed E-state index contributed by atoms with van der Waals surface area (Å²) in [4.78, 5) is 36.9. The minimum absolute atomic E-state index is 0.0526. The zero-order valence-electron chi connectivity index (χ0n) is 13.4. The van der Waals surface area contributed by atoms with E-state index >= 15 is 0 Å². The molecule has 1 aromatic carbocycles. The van der Waals surface area contributed by atoms with Crippen molar-refractivity contribution in [3.05, 3.63) is 35.4 Å². The summed E-state index contributed by atoms with van der Waals surface area (Å²) in [6.07, 6.45) is 1.86. The van der Waals surface area contributed by atoms with Gasteiger partial charge in [0.15, 0.2) is 0 Å². The Morgan fingerprint density at radius 3 is 3.00 bits per heavy atom. The molecule has 2 amide bonds. The van der Waals surface area contributed by atoms with Gasteiger partial charge >= 0.3 is 5.97 Å². The number of amides is 2. The van der Waals surface area contributed by atoms with E-state index in [1.54, 1.807) is 34.9 Å². The molecule has 0 spiro atoms. The zero-order chi connectivity index (χ0) is 17.3. The summed E-state index contributed by atoms with van der Waals surface area (Å²) in [6, 6.07) is 6.29. The third-order valence-corrected chi connectivity index (χ3v) is 6.14. The lowest BCUT2D eigenvalue weighted by Crippen LogP contribution is -2.50. The maximum Gasteiger partial charge on any atom is 0.335 e. The maximum absolute atomic E-state index is 12.4. The van der Waals surface area contributed by atoms with Crippen LogP contribution in [-0.4, -0.2) is 51.0 Å². The van der Waals surface area contributed by atoms with Crippen LogP contribution < -0.4 is 5.32 Å². The van der Waals surface area contributed by atoms with Gasteiger partial charge < -0.3 is 15.3 Å². The van der Waals surface area contributed by atoms with E-state index in [0.29, 0.717) is 25.1 Å². The Hall–Kier alpha value is -2.02. The first-order valence-electron chi connectivity index (χ1n) is 7.97. The zero-order valence-corrected chi connectivity index (χ0v) is 14.3. The Labute approximate surface area is 144 Å². The highest BCUT2D eigenvalue weighted by Crippen LogP contribution is 2.47. The number of carbonyl (C=O) groups excluding carboxylic acids is 2. The highest BCUT2D eigenvalue weighted by atomic mass is 32.2. The fraction of sp³-hybridized carbons (Fsp3) is 0.471. The number of carbonyl (C=O) groups is 3. The van der Waals surface area contributed by atoms with Crippen molar-refractivity contribution in [3.63, 3.8) is 0 Å². The smallest absolute Gasteiger partial charge is 0.335 e. The normalized spacial score (nSPS) is 25.6. The average Bonchev–Trinajstić information content (AvgIpc) is 3.04. The Morgan fingerprint density at radius 1 is 1.46 bits per heavy atom. The molecule has 0 saturated carbocycles. The van der Waals surface area contributed by atoms with Crippen LogP contribution in [0.2, 0.25) is 0 Å². The second-order valence-electron chi connectivity index (χ2n) is 6.31. The summed E-state index contributed by atoms with van der Waals surface area (Å²) < 4.78 is 0. The summed E-state index contributed by atoms with van der Waals surface area (Å²) in [6.45, 7) is 2.44. The van der Waals surface area contributed by atoms with Gasteiger partial charge in [-0.15, -0.1) is 11.8 Å². The number of carboxylic acid groups (broad SMARTS) is 1. The largest absolute Gasteiger partial charge is 0.478 e. The van der Waals surface area contributed by atoms with Crippen LogP contribution in [0.3, 0.4) is 0 Å². The molecule has 2 aliphatic rings. The molecule has 2 fully saturated rings. The number of benzene rings is 1. The third kappa shape index (κ3) is 3.13. The van der Waals surface area contributed by atoms with E-state index in [1.807, 2.05) is 13.0 Å². The summed E-state index contributed by atoms with van der Waals surface area (Å²) in [5, 5.41) is 11.9. The van der Waals surface area contributed by atoms with Gasteiger partial charge in [-0.2, -0.15) is 0 Å². The predicted octanol–water partition coefficient (Wildman–Crippen LogP) is 1.50.